The van der Waals surface area contributed by atoms with E-state index in [0.29, 0.717) is 28.7 Å². The zero-order valence-electron chi connectivity index (χ0n) is 13.8. The molecule has 0 fully saturated rings. The molecule has 0 aliphatic carbocycles. The third kappa shape index (κ3) is 3.20. The molecule has 0 saturated carbocycles. The predicted octanol–water partition coefficient (Wildman–Crippen LogP) is 4.02. The Labute approximate surface area is 161 Å². The Hall–Kier alpha value is -2.37. The first-order chi connectivity index (χ1) is 12.6. The molecule has 2 aromatic carbocycles. The van der Waals surface area contributed by atoms with E-state index >= 15 is 0 Å². The van der Waals surface area contributed by atoms with Crippen LogP contribution >= 0.6 is 23.2 Å². The van der Waals surface area contributed by atoms with E-state index in [4.69, 9.17) is 23.2 Å². The summed E-state index contributed by atoms with van der Waals surface area (Å²) in [5, 5.41) is 5.07. The molecule has 1 aliphatic rings. The van der Waals surface area contributed by atoms with Crippen LogP contribution in [0.5, 0.6) is 0 Å². The number of carbonyl (C=O) groups excluding carboxylic acids is 1. The van der Waals surface area contributed by atoms with Crippen LogP contribution in [0, 0.1) is 0 Å². The molecular weight excluding hydrogens is 371 g/mol. The molecule has 7 heteroatoms. The van der Waals surface area contributed by atoms with Crippen LogP contribution in [0.1, 0.15) is 27.5 Å². The third-order valence-electron chi connectivity index (χ3n) is 4.66. The quantitative estimate of drug-likeness (QED) is 0.682. The van der Waals surface area contributed by atoms with E-state index in [9.17, 15) is 4.79 Å². The van der Waals surface area contributed by atoms with Crippen molar-refractivity contribution in [3.63, 3.8) is 0 Å². The standard InChI is InChI=1S/C19H16Cl2N4O/c20-14-5-6-16(17(21)9-14)19(26)25-8-7-13-3-1-2-4-15(13)18(25)10-24-12-22-11-23-24/h1-6,9,11-12,18H,7-8,10H2. The van der Waals surface area contributed by atoms with E-state index in [-0.39, 0.29) is 11.9 Å². The third-order valence-corrected chi connectivity index (χ3v) is 5.21. The van der Waals surface area contributed by atoms with Crippen LogP contribution in [-0.2, 0) is 13.0 Å². The van der Waals surface area contributed by atoms with E-state index in [1.54, 1.807) is 29.2 Å². The Morgan fingerprint density at radius 2 is 2.04 bits per heavy atom. The average Bonchev–Trinajstić information content (AvgIpc) is 3.15. The first kappa shape index (κ1) is 17.1. The Morgan fingerprint density at radius 3 is 2.81 bits per heavy atom. The first-order valence-electron chi connectivity index (χ1n) is 8.30. The van der Waals surface area contributed by atoms with Gasteiger partial charge in [0.25, 0.3) is 5.91 Å². The van der Waals surface area contributed by atoms with Gasteiger partial charge in [-0.2, -0.15) is 5.10 Å². The van der Waals surface area contributed by atoms with Crippen LogP contribution in [0.15, 0.2) is 55.1 Å². The second-order valence-electron chi connectivity index (χ2n) is 6.20. The molecule has 0 N–H and O–H groups in total. The number of amides is 1. The van der Waals surface area contributed by atoms with Gasteiger partial charge in [0, 0.05) is 11.6 Å². The molecular formula is C19H16Cl2N4O. The van der Waals surface area contributed by atoms with E-state index in [0.717, 1.165) is 12.0 Å². The number of benzene rings is 2. The molecule has 1 amide bonds. The molecule has 0 saturated heterocycles. The topological polar surface area (TPSA) is 51.0 Å². The van der Waals surface area contributed by atoms with Crippen LogP contribution < -0.4 is 0 Å². The SMILES string of the molecule is O=C(c1ccc(Cl)cc1Cl)N1CCc2ccccc2C1Cn1cncn1. The Morgan fingerprint density at radius 1 is 1.19 bits per heavy atom. The summed E-state index contributed by atoms with van der Waals surface area (Å²) in [6, 6.07) is 13.0. The zero-order chi connectivity index (χ0) is 18.1. The molecule has 1 unspecified atom stereocenters. The van der Waals surface area contributed by atoms with E-state index in [1.165, 1.54) is 11.9 Å². The van der Waals surface area contributed by atoms with Crippen molar-refractivity contribution in [3.05, 3.63) is 81.9 Å². The molecule has 26 heavy (non-hydrogen) atoms. The maximum Gasteiger partial charge on any atom is 0.255 e. The van der Waals surface area contributed by atoms with Crippen molar-refractivity contribution >= 4 is 29.1 Å². The van der Waals surface area contributed by atoms with Gasteiger partial charge in [-0.15, -0.1) is 0 Å². The summed E-state index contributed by atoms with van der Waals surface area (Å²) in [4.78, 5) is 19.1. The molecule has 5 nitrogen and oxygen atoms in total. The van der Waals surface area contributed by atoms with Gasteiger partial charge >= 0.3 is 0 Å². The lowest BCUT2D eigenvalue weighted by molar-refractivity contribution is 0.0636. The van der Waals surface area contributed by atoms with Crippen molar-refractivity contribution in [1.29, 1.82) is 0 Å². The van der Waals surface area contributed by atoms with Gasteiger partial charge in [-0.3, -0.25) is 9.48 Å². The minimum absolute atomic E-state index is 0.105. The molecule has 0 spiro atoms. The van der Waals surface area contributed by atoms with Gasteiger partial charge < -0.3 is 4.90 Å². The van der Waals surface area contributed by atoms with Gasteiger partial charge in [-0.25, -0.2) is 4.98 Å². The maximum absolute atomic E-state index is 13.2. The van der Waals surface area contributed by atoms with Gasteiger partial charge in [0.05, 0.1) is 23.2 Å². The molecule has 132 valence electrons. The zero-order valence-corrected chi connectivity index (χ0v) is 15.4. The van der Waals surface area contributed by atoms with Gasteiger partial charge in [0.15, 0.2) is 0 Å². The van der Waals surface area contributed by atoms with Crippen molar-refractivity contribution in [2.75, 3.05) is 6.54 Å². The number of carbonyl (C=O) groups is 1. The monoisotopic (exact) mass is 386 g/mol. The summed E-state index contributed by atoms with van der Waals surface area (Å²) in [6.07, 6.45) is 3.97. The highest BCUT2D eigenvalue weighted by atomic mass is 35.5. The fourth-order valence-electron chi connectivity index (χ4n) is 3.41. The largest absolute Gasteiger partial charge is 0.329 e. The fourth-order valence-corrected chi connectivity index (χ4v) is 3.90. The van der Waals surface area contributed by atoms with E-state index in [2.05, 4.69) is 22.2 Å². The number of nitrogens with zero attached hydrogens (tertiary/aromatic N) is 4. The number of rotatable bonds is 3. The van der Waals surface area contributed by atoms with Crippen LogP contribution in [-0.4, -0.2) is 32.1 Å². The lowest BCUT2D eigenvalue weighted by atomic mass is 9.92. The molecule has 0 bridgehead atoms. The fraction of sp³-hybridized carbons (Fsp3) is 0.211. The highest BCUT2D eigenvalue weighted by Gasteiger charge is 2.32. The van der Waals surface area contributed by atoms with Crippen molar-refractivity contribution in [3.8, 4) is 0 Å². The summed E-state index contributed by atoms with van der Waals surface area (Å²) in [5.41, 5.74) is 2.84. The smallest absolute Gasteiger partial charge is 0.255 e. The molecule has 1 aromatic heterocycles. The first-order valence-corrected chi connectivity index (χ1v) is 9.05. The number of fused-ring (bicyclic) bond motifs is 1. The highest BCUT2D eigenvalue weighted by Crippen LogP contribution is 2.33. The van der Waals surface area contributed by atoms with Gasteiger partial charge in [-0.05, 0) is 35.7 Å². The second kappa shape index (κ2) is 7.09. The molecule has 1 aliphatic heterocycles. The summed E-state index contributed by atoms with van der Waals surface area (Å²) < 4.78 is 1.75. The normalized spacial score (nSPS) is 16.4. The van der Waals surface area contributed by atoms with Gasteiger partial charge in [0.2, 0.25) is 0 Å². The average molecular weight is 387 g/mol. The van der Waals surface area contributed by atoms with Crippen molar-refractivity contribution < 1.29 is 4.79 Å². The number of aromatic nitrogens is 3. The van der Waals surface area contributed by atoms with Crippen LogP contribution in [0.4, 0.5) is 0 Å². The van der Waals surface area contributed by atoms with E-state index < -0.39 is 0 Å². The lowest BCUT2D eigenvalue weighted by Gasteiger charge is -2.37. The molecule has 2 heterocycles. The van der Waals surface area contributed by atoms with Crippen LogP contribution in [0.25, 0.3) is 0 Å². The summed E-state index contributed by atoms with van der Waals surface area (Å²) in [6.45, 7) is 1.15. The number of hydrogen-bond donors (Lipinski definition) is 0. The number of halogens is 2. The lowest BCUT2D eigenvalue weighted by Crippen LogP contribution is -2.42. The van der Waals surface area contributed by atoms with Crippen LogP contribution in [0.2, 0.25) is 10.0 Å². The minimum Gasteiger partial charge on any atom is -0.329 e. The van der Waals surface area contributed by atoms with Crippen LogP contribution in [0.3, 0.4) is 0 Å². The Bertz CT molecular complexity index is 942. The van der Waals surface area contributed by atoms with Crippen molar-refractivity contribution in [2.45, 2.75) is 19.0 Å². The van der Waals surface area contributed by atoms with Crippen molar-refractivity contribution in [2.24, 2.45) is 0 Å². The van der Waals surface area contributed by atoms with E-state index in [1.807, 2.05) is 17.0 Å². The molecule has 4 rings (SSSR count). The Balaban J connectivity index is 1.72. The van der Waals surface area contributed by atoms with Crippen molar-refractivity contribution in [1.82, 2.24) is 19.7 Å². The van der Waals surface area contributed by atoms with Gasteiger partial charge in [-0.1, -0.05) is 47.5 Å². The molecule has 3 aromatic rings. The molecule has 0 radical (unpaired) electrons. The second-order valence-corrected chi connectivity index (χ2v) is 7.05. The highest BCUT2D eigenvalue weighted by molar-refractivity contribution is 6.36. The summed E-state index contributed by atoms with van der Waals surface area (Å²) in [7, 11) is 0. The Kier molecular flexibility index (Phi) is 4.66. The number of hydrogen-bond acceptors (Lipinski definition) is 3. The minimum atomic E-state index is -0.138. The van der Waals surface area contributed by atoms with Gasteiger partial charge in [0.1, 0.15) is 12.7 Å². The maximum atomic E-state index is 13.2. The summed E-state index contributed by atoms with van der Waals surface area (Å²) >= 11 is 12.2. The molecule has 1 atom stereocenters. The predicted molar refractivity (Wildman–Crippen MR) is 100 cm³/mol. The summed E-state index contributed by atoms with van der Waals surface area (Å²) in [5.74, 6) is -0.105.